The lowest BCUT2D eigenvalue weighted by molar-refractivity contribution is -0.698. The summed E-state index contributed by atoms with van der Waals surface area (Å²) < 4.78 is 14.9. The highest BCUT2D eigenvalue weighted by molar-refractivity contribution is 5.77. The van der Waals surface area contributed by atoms with E-state index in [1.165, 1.54) is 12.1 Å². The number of fused-ring (bicyclic) bond motifs is 1. The summed E-state index contributed by atoms with van der Waals surface area (Å²) in [5.74, 6) is 0.886. The third-order valence-electron chi connectivity index (χ3n) is 4.25. The monoisotopic (exact) mass is 340 g/mol. The molecular formula is C20H23FN3O+. The second kappa shape index (κ2) is 7.15. The fourth-order valence-corrected chi connectivity index (χ4v) is 2.88. The normalized spacial score (nSPS) is 12.7. The molecule has 2 N–H and O–H groups in total. The molecule has 1 heterocycles. The van der Waals surface area contributed by atoms with Crippen LogP contribution in [-0.4, -0.2) is 16.1 Å². The number of aromatic nitrogens is 2. The van der Waals surface area contributed by atoms with E-state index in [0.29, 0.717) is 28.3 Å². The van der Waals surface area contributed by atoms with Crippen LogP contribution in [0.2, 0.25) is 0 Å². The SMILES string of the molecule is CC(C)C[NH2+][C@H](C)c1nc2ccccc2c(=O)n1-c1ccc(F)cc1. The zero-order valence-electron chi connectivity index (χ0n) is 14.7. The van der Waals surface area contributed by atoms with E-state index in [1.807, 2.05) is 25.1 Å². The maximum atomic E-state index is 13.3. The minimum Gasteiger partial charge on any atom is -0.338 e. The van der Waals surface area contributed by atoms with Gasteiger partial charge in [0.25, 0.3) is 5.56 Å². The number of nitrogens with two attached hydrogens (primary N) is 1. The van der Waals surface area contributed by atoms with Gasteiger partial charge in [-0.2, -0.15) is 0 Å². The van der Waals surface area contributed by atoms with Crippen LogP contribution in [0.1, 0.15) is 32.6 Å². The molecule has 0 aliphatic rings. The van der Waals surface area contributed by atoms with Crippen LogP contribution in [0.3, 0.4) is 0 Å². The largest absolute Gasteiger partial charge is 0.338 e. The van der Waals surface area contributed by atoms with Gasteiger partial charge in [0.05, 0.1) is 23.1 Å². The van der Waals surface area contributed by atoms with E-state index in [0.717, 1.165) is 6.54 Å². The molecule has 3 rings (SSSR count). The average molecular weight is 340 g/mol. The Morgan fingerprint density at radius 3 is 2.44 bits per heavy atom. The zero-order valence-corrected chi connectivity index (χ0v) is 14.7. The van der Waals surface area contributed by atoms with Gasteiger partial charge in [-0.1, -0.05) is 26.0 Å². The van der Waals surface area contributed by atoms with E-state index in [9.17, 15) is 9.18 Å². The van der Waals surface area contributed by atoms with Gasteiger partial charge in [0.1, 0.15) is 11.9 Å². The topological polar surface area (TPSA) is 51.5 Å². The number of hydrogen-bond donors (Lipinski definition) is 1. The Kier molecular flexibility index (Phi) is 4.95. The van der Waals surface area contributed by atoms with E-state index in [-0.39, 0.29) is 17.4 Å². The summed E-state index contributed by atoms with van der Waals surface area (Å²) >= 11 is 0. The summed E-state index contributed by atoms with van der Waals surface area (Å²) in [6.45, 7) is 7.29. The Morgan fingerprint density at radius 1 is 1.08 bits per heavy atom. The van der Waals surface area contributed by atoms with Crippen molar-refractivity contribution in [1.82, 2.24) is 9.55 Å². The van der Waals surface area contributed by atoms with Crippen molar-refractivity contribution in [2.45, 2.75) is 26.8 Å². The molecule has 130 valence electrons. The molecule has 25 heavy (non-hydrogen) atoms. The molecule has 0 unspecified atom stereocenters. The second-order valence-corrected chi connectivity index (χ2v) is 6.76. The Balaban J connectivity index is 2.20. The van der Waals surface area contributed by atoms with Crippen molar-refractivity contribution in [3.05, 3.63) is 70.5 Å². The summed E-state index contributed by atoms with van der Waals surface area (Å²) in [5.41, 5.74) is 1.19. The molecule has 1 atom stereocenters. The molecular weight excluding hydrogens is 317 g/mol. The lowest BCUT2D eigenvalue weighted by Crippen LogP contribution is -2.86. The Bertz CT molecular complexity index is 932. The second-order valence-electron chi connectivity index (χ2n) is 6.76. The smallest absolute Gasteiger partial charge is 0.266 e. The Hall–Kier alpha value is -2.53. The van der Waals surface area contributed by atoms with Gasteiger partial charge in [-0.3, -0.25) is 9.36 Å². The number of quaternary nitrogens is 1. The van der Waals surface area contributed by atoms with Gasteiger partial charge in [0.15, 0.2) is 5.82 Å². The predicted molar refractivity (Wildman–Crippen MR) is 97.3 cm³/mol. The van der Waals surface area contributed by atoms with Crippen LogP contribution < -0.4 is 10.9 Å². The predicted octanol–water partition coefficient (Wildman–Crippen LogP) is 2.81. The first-order valence-electron chi connectivity index (χ1n) is 8.58. The average Bonchev–Trinajstić information content (AvgIpc) is 2.60. The van der Waals surface area contributed by atoms with Crippen molar-refractivity contribution >= 4 is 10.9 Å². The first kappa shape index (κ1) is 17.3. The van der Waals surface area contributed by atoms with Gasteiger partial charge >= 0.3 is 0 Å². The van der Waals surface area contributed by atoms with Gasteiger partial charge in [-0.25, -0.2) is 9.37 Å². The molecule has 5 heteroatoms. The summed E-state index contributed by atoms with van der Waals surface area (Å²) in [7, 11) is 0. The molecule has 2 aromatic carbocycles. The lowest BCUT2D eigenvalue weighted by Gasteiger charge is -2.18. The lowest BCUT2D eigenvalue weighted by atomic mass is 10.1. The third-order valence-corrected chi connectivity index (χ3v) is 4.25. The number of halogens is 1. The molecule has 0 aliphatic carbocycles. The van der Waals surface area contributed by atoms with Crippen molar-refractivity contribution < 1.29 is 9.71 Å². The van der Waals surface area contributed by atoms with Crippen LogP contribution in [0.5, 0.6) is 0 Å². The number of nitrogens with zero attached hydrogens (tertiary/aromatic N) is 2. The molecule has 0 spiro atoms. The quantitative estimate of drug-likeness (QED) is 0.776. The van der Waals surface area contributed by atoms with E-state index in [4.69, 9.17) is 4.98 Å². The van der Waals surface area contributed by atoms with E-state index in [2.05, 4.69) is 19.2 Å². The minimum absolute atomic E-state index is 0.00441. The standard InChI is InChI=1S/C20H22FN3O/c1-13(2)12-22-14(3)19-23-18-7-5-4-6-17(18)20(25)24(19)16-10-8-15(21)9-11-16/h4-11,13-14,22H,12H2,1-3H3/p+1/t14-/m1/s1. The van der Waals surface area contributed by atoms with Crippen molar-refractivity contribution in [1.29, 1.82) is 0 Å². The van der Waals surface area contributed by atoms with Gasteiger partial charge in [-0.15, -0.1) is 0 Å². The van der Waals surface area contributed by atoms with Crippen LogP contribution in [0.15, 0.2) is 53.3 Å². The first-order chi connectivity index (χ1) is 12.0. The van der Waals surface area contributed by atoms with Crippen LogP contribution in [0.4, 0.5) is 4.39 Å². The zero-order chi connectivity index (χ0) is 18.0. The van der Waals surface area contributed by atoms with Crippen molar-refractivity contribution in [2.24, 2.45) is 5.92 Å². The molecule has 0 fully saturated rings. The van der Waals surface area contributed by atoms with E-state index >= 15 is 0 Å². The minimum atomic E-state index is -0.327. The number of rotatable bonds is 5. The summed E-state index contributed by atoms with van der Waals surface area (Å²) in [6, 6.07) is 13.3. The van der Waals surface area contributed by atoms with Crippen molar-refractivity contribution in [3.8, 4) is 5.69 Å². The Morgan fingerprint density at radius 2 is 1.76 bits per heavy atom. The third kappa shape index (κ3) is 3.61. The maximum Gasteiger partial charge on any atom is 0.266 e. The van der Waals surface area contributed by atoms with E-state index in [1.54, 1.807) is 22.8 Å². The fourth-order valence-electron chi connectivity index (χ4n) is 2.88. The van der Waals surface area contributed by atoms with Crippen LogP contribution in [0.25, 0.3) is 16.6 Å². The molecule has 0 saturated carbocycles. The number of para-hydroxylation sites is 1. The van der Waals surface area contributed by atoms with E-state index < -0.39 is 0 Å². The highest BCUT2D eigenvalue weighted by Gasteiger charge is 2.20. The number of hydrogen-bond acceptors (Lipinski definition) is 2. The van der Waals surface area contributed by atoms with Crippen molar-refractivity contribution in [3.63, 3.8) is 0 Å². The van der Waals surface area contributed by atoms with Crippen LogP contribution in [-0.2, 0) is 0 Å². The number of benzene rings is 2. The molecule has 3 aromatic rings. The Labute approximate surface area is 146 Å². The molecule has 0 aliphatic heterocycles. The highest BCUT2D eigenvalue weighted by atomic mass is 19.1. The van der Waals surface area contributed by atoms with Gasteiger partial charge in [0, 0.05) is 5.92 Å². The summed E-state index contributed by atoms with van der Waals surface area (Å²) in [5, 5.41) is 2.74. The maximum absolute atomic E-state index is 13.3. The van der Waals surface area contributed by atoms with Gasteiger partial charge < -0.3 is 5.32 Å². The van der Waals surface area contributed by atoms with Crippen molar-refractivity contribution in [2.75, 3.05) is 6.54 Å². The molecule has 0 bridgehead atoms. The molecule has 1 aromatic heterocycles. The highest BCUT2D eigenvalue weighted by Crippen LogP contribution is 2.16. The molecule has 0 saturated heterocycles. The van der Waals surface area contributed by atoms with Gasteiger partial charge in [0.2, 0.25) is 0 Å². The van der Waals surface area contributed by atoms with Crippen LogP contribution >= 0.6 is 0 Å². The summed E-state index contributed by atoms with van der Waals surface area (Å²) in [6.07, 6.45) is 0. The first-order valence-corrected chi connectivity index (χ1v) is 8.58. The van der Waals surface area contributed by atoms with Gasteiger partial charge in [-0.05, 0) is 43.3 Å². The summed E-state index contributed by atoms with van der Waals surface area (Å²) in [4.78, 5) is 17.8. The fraction of sp³-hybridized carbons (Fsp3) is 0.300. The molecule has 0 amide bonds. The van der Waals surface area contributed by atoms with Crippen LogP contribution in [0, 0.1) is 11.7 Å². The molecule has 4 nitrogen and oxygen atoms in total. The molecule has 0 radical (unpaired) electrons.